The zero-order valence-electron chi connectivity index (χ0n) is 10.6. The first-order chi connectivity index (χ1) is 6.40. The Balaban J connectivity index is 2.36. The summed E-state index contributed by atoms with van der Waals surface area (Å²) in [6, 6.07) is 0.859. The van der Waals surface area contributed by atoms with E-state index in [1.807, 2.05) is 0 Å². The van der Waals surface area contributed by atoms with Crippen LogP contribution in [0.1, 0.15) is 52.9 Å². The summed E-state index contributed by atoms with van der Waals surface area (Å²) < 4.78 is 0. The molecule has 2 atom stereocenters. The predicted octanol–water partition coefficient (Wildman–Crippen LogP) is 3.54. The third kappa shape index (κ3) is 3.61. The van der Waals surface area contributed by atoms with Crippen molar-refractivity contribution in [3.63, 3.8) is 0 Å². The fraction of sp³-hybridized carbons (Fsp3) is 1.00. The van der Waals surface area contributed by atoms with Crippen molar-refractivity contribution in [1.29, 1.82) is 0 Å². The van der Waals surface area contributed by atoms with E-state index in [1.54, 1.807) is 0 Å². The van der Waals surface area contributed by atoms with Gasteiger partial charge in [-0.25, -0.2) is 0 Å². The maximum atomic E-state index is 2.43. The predicted molar refractivity (Wildman–Crippen MR) is 63.5 cm³/mol. The highest BCUT2D eigenvalue weighted by molar-refractivity contribution is 4.83. The Bertz CT molecular complexity index is 167. The molecule has 0 amide bonds. The lowest BCUT2D eigenvalue weighted by atomic mass is 9.85. The van der Waals surface area contributed by atoms with E-state index in [0.29, 0.717) is 5.41 Å². The third-order valence-electron chi connectivity index (χ3n) is 3.55. The van der Waals surface area contributed by atoms with Crippen molar-refractivity contribution in [1.82, 2.24) is 4.90 Å². The lowest BCUT2D eigenvalue weighted by molar-refractivity contribution is 0.209. The second kappa shape index (κ2) is 4.65. The number of nitrogens with zero attached hydrogens (tertiary/aromatic N) is 1. The minimum atomic E-state index is 0.513. The SMILES string of the molecule is CN(C)C1CCCC1CCC(C)(C)C. The van der Waals surface area contributed by atoms with Crippen molar-refractivity contribution >= 4 is 0 Å². The molecule has 1 fully saturated rings. The standard InChI is InChI=1S/C13H27N/c1-13(2,3)10-9-11-7-6-8-12(11)14(4)5/h11-12H,6-10H2,1-5H3. The molecule has 0 saturated heterocycles. The lowest BCUT2D eigenvalue weighted by Crippen LogP contribution is -2.31. The first-order valence-electron chi connectivity index (χ1n) is 6.06. The summed E-state index contributed by atoms with van der Waals surface area (Å²) in [6.45, 7) is 7.06. The molecular weight excluding hydrogens is 170 g/mol. The molecule has 0 aliphatic heterocycles. The molecule has 0 spiro atoms. The van der Waals surface area contributed by atoms with Gasteiger partial charge in [0.05, 0.1) is 0 Å². The Labute approximate surface area is 89.9 Å². The first kappa shape index (κ1) is 12.0. The molecule has 1 saturated carbocycles. The molecule has 1 aliphatic carbocycles. The summed E-state index contributed by atoms with van der Waals surface area (Å²) in [5.74, 6) is 0.962. The highest BCUT2D eigenvalue weighted by atomic mass is 15.1. The van der Waals surface area contributed by atoms with Gasteiger partial charge < -0.3 is 4.90 Å². The van der Waals surface area contributed by atoms with Crippen LogP contribution in [0.4, 0.5) is 0 Å². The van der Waals surface area contributed by atoms with Crippen molar-refractivity contribution in [3.8, 4) is 0 Å². The van der Waals surface area contributed by atoms with Crippen LogP contribution in [0.3, 0.4) is 0 Å². The Morgan fingerprint density at radius 3 is 2.29 bits per heavy atom. The molecule has 0 N–H and O–H groups in total. The van der Waals surface area contributed by atoms with Gasteiger partial charge in [0.1, 0.15) is 0 Å². The largest absolute Gasteiger partial charge is 0.306 e. The van der Waals surface area contributed by atoms with Crippen LogP contribution in [-0.4, -0.2) is 25.0 Å². The fourth-order valence-electron chi connectivity index (χ4n) is 2.65. The molecule has 0 radical (unpaired) electrons. The van der Waals surface area contributed by atoms with E-state index in [4.69, 9.17) is 0 Å². The van der Waals surface area contributed by atoms with Gasteiger partial charge in [0.15, 0.2) is 0 Å². The zero-order chi connectivity index (χ0) is 10.8. The summed E-state index contributed by atoms with van der Waals surface area (Å²) >= 11 is 0. The number of rotatable bonds is 3. The normalized spacial score (nSPS) is 28.7. The second-order valence-corrected chi connectivity index (χ2v) is 6.32. The van der Waals surface area contributed by atoms with E-state index < -0.39 is 0 Å². The first-order valence-corrected chi connectivity index (χ1v) is 6.06. The van der Waals surface area contributed by atoms with Crippen molar-refractivity contribution in [2.75, 3.05) is 14.1 Å². The van der Waals surface area contributed by atoms with Crippen LogP contribution >= 0.6 is 0 Å². The van der Waals surface area contributed by atoms with E-state index in [2.05, 4.69) is 39.8 Å². The van der Waals surface area contributed by atoms with Gasteiger partial charge in [0.25, 0.3) is 0 Å². The van der Waals surface area contributed by atoms with E-state index in [0.717, 1.165) is 12.0 Å². The molecule has 0 aromatic carbocycles. The topological polar surface area (TPSA) is 3.24 Å². The van der Waals surface area contributed by atoms with E-state index in [9.17, 15) is 0 Å². The molecule has 84 valence electrons. The third-order valence-corrected chi connectivity index (χ3v) is 3.55. The molecule has 0 bridgehead atoms. The van der Waals surface area contributed by atoms with Crippen LogP contribution in [-0.2, 0) is 0 Å². The van der Waals surface area contributed by atoms with Gasteiger partial charge in [-0.05, 0) is 51.1 Å². The molecule has 0 aromatic heterocycles. The summed E-state index contributed by atoms with van der Waals surface area (Å²) in [6.07, 6.45) is 7.12. The molecule has 1 heteroatoms. The van der Waals surface area contributed by atoms with Gasteiger partial charge in [-0.2, -0.15) is 0 Å². The van der Waals surface area contributed by atoms with Crippen molar-refractivity contribution in [2.45, 2.75) is 58.9 Å². The Morgan fingerprint density at radius 1 is 1.14 bits per heavy atom. The molecular formula is C13H27N. The summed E-state index contributed by atoms with van der Waals surface area (Å²) in [5, 5.41) is 0. The molecule has 1 rings (SSSR count). The summed E-state index contributed by atoms with van der Waals surface area (Å²) in [4.78, 5) is 2.43. The maximum Gasteiger partial charge on any atom is 0.0117 e. The van der Waals surface area contributed by atoms with Crippen molar-refractivity contribution in [2.24, 2.45) is 11.3 Å². The number of hydrogen-bond donors (Lipinski definition) is 0. The quantitative estimate of drug-likeness (QED) is 0.669. The van der Waals surface area contributed by atoms with Crippen LogP contribution in [0, 0.1) is 11.3 Å². The van der Waals surface area contributed by atoms with E-state index in [-0.39, 0.29) is 0 Å². The highest BCUT2D eigenvalue weighted by Gasteiger charge is 2.29. The van der Waals surface area contributed by atoms with E-state index in [1.165, 1.54) is 32.1 Å². The lowest BCUT2D eigenvalue weighted by Gasteiger charge is -2.28. The molecule has 0 aromatic rings. The van der Waals surface area contributed by atoms with Gasteiger partial charge in [0.2, 0.25) is 0 Å². The Kier molecular flexibility index (Phi) is 4.00. The molecule has 2 unspecified atom stereocenters. The Hall–Kier alpha value is -0.0400. The van der Waals surface area contributed by atoms with Crippen LogP contribution in [0.5, 0.6) is 0 Å². The van der Waals surface area contributed by atoms with Gasteiger partial charge in [0, 0.05) is 6.04 Å². The van der Waals surface area contributed by atoms with Crippen LogP contribution in [0.15, 0.2) is 0 Å². The van der Waals surface area contributed by atoms with Crippen molar-refractivity contribution < 1.29 is 0 Å². The minimum Gasteiger partial charge on any atom is -0.306 e. The number of hydrogen-bond acceptors (Lipinski definition) is 1. The van der Waals surface area contributed by atoms with Gasteiger partial charge in [-0.1, -0.05) is 27.2 Å². The monoisotopic (exact) mass is 197 g/mol. The van der Waals surface area contributed by atoms with Gasteiger partial charge in [-0.15, -0.1) is 0 Å². The molecule has 1 aliphatic rings. The smallest absolute Gasteiger partial charge is 0.0117 e. The Morgan fingerprint density at radius 2 is 1.79 bits per heavy atom. The molecule has 0 heterocycles. The second-order valence-electron chi connectivity index (χ2n) is 6.32. The van der Waals surface area contributed by atoms with Crippen LogP contribution in [0.25, 0.3) is 0 Å². The van der Waals surface area contributed by atoms with E-state index >= 15 is 0 Å². The van der Waals surface area contributed by atoms with Gasteiger partial charge in [-0.3, -0.25) is 0 Å². The van der Waals surface area contributed by atoms with Crippen LogP contribution in [0.2, 0.25) is 0 Å². The van der Waals surface area contributed by atoms with Gasteiger partial charge >= 0.3 is 0 Å². The maximum absolute atomic E-state index is 2.43. The zero-order valence-corrected chi connectivity index (χ0v) is 10.6. The van der Waals surface area contributed by atoms with Crippen molar-refractivity contribution in [3.05, 3.63) is 0 Å². The average molecular weight is 197 g/mol. The fourth-order valence-corrected chi connectivity index (χ4v) is 2.65. The molecule has 1 nitrogen and oxygen atoms in total. The summed E-state index contributed by atoms with van der Waals surface area (Å²) in [7, 11) is 4.47. The summed E-state index contributed by atoms with van der Waals surface area (Å²) in [5.41, 5.74) is 0.513. The molecule has 14 heavy (non-hydrogen) atoms. The highest BCUT2D eigenvalue weighted by Crippen LogP contribution is 2.35. The minimum absolute atomic E-state index is 0.513. The van der Waals surface area contributed by atoms with Crippen LogP contribution < -0.4 is 0 Å². The average Bonchev–Trinajstić information content (AvgIpc) is 2.46.